The van der Waals surface area contributed by atoms with Crippen LogP contribution >= 0.6 is 31.9 Å². The fourth-order valence-electron chi connectivity index (χ4n) is 19.4. The van der Waals surface area contributed by atoms with Crippen LogP contribution in [0.3, 0.4) is 0 Å². The van der Waals surface area contributed by atoms with Crippen LogP contribution in [0.5, 0.6) is 0 Å². The van der Waals surface area contributed by atoms with Crippen molar-refractivity contribution in [2.24, 2.45) is 11.5 Å². The number of nitrogens with zero attached hydrogens (tertiary/aromatic N) is 15. The highest BCUT2D eigenvalue weighted by atomic mass is 79.9. The lowest BCUT2D eigenvalue weighted by molar-refractivity contribution is -0.119. The molecule has 8 aromatic heterocycles. The first-order chi connectivity index (χ1) is 65.5. The Kier molecular flexibility index (Phi) is 38.4. The minimum Gasteiger partial charge on any atom is -0.423 e. The molecule has 12 N–H and O–H groups in total. The highest BCUT2D eigenvalue weighted by Crippen LogP contribution is 2.42. The van der Waals surface area contributed by atoms with Gasteiger partial charge in [-0.15, -0.1) is 20.4 Å². The maximum Gasteiger partial charge on any atom is 0.488 e. The number of nitrogens with one attached hydrogen (secondary N) is 5. The van der Waals surface area contributed by atoms with Gasteiger partial charge in [0.15, 0.2) is 0 Å². The van der Waals surface area contributed by atoms with Crippen molar-refractivity contribution in [2.75, 3.05) is 155 Å². The summed E-state index contributed by atoms with van der Waals surface area (Å²) in [6.07, 6.45) is 23.8. The monoisotopic (exact) mass is 1980 g/mol. The van der Waals surface area contributed by atoms with E-state index < -0.39 is 7.12 Å². The van der Waals surface area contributed by atoms with Crippen molar-refractivity contribution < 1.29 is 53.1 Å². The molecule has 33 nitrogen and oxygen atoms in total. The third kappa shape index (κ3) is 28.7. The summed E-state index contributed by atoms with van der Waals surface area (Å²) < 4.78 is 47.3. The molecule has 4 aliphatic carbocycles. The van der Waals surface area contributed by atoms with E-state index in [9.17, 15) is 9.90 Å². The number of amides is 1. The number of ether oxygens (including phenoxy) is 7. The first kappa shape index (κ1) is 102. The fraction of sp³-hybridized carbons (Fsp3) is 0.566. The highest BCUT2D eigenvalue weighted by Gasteiger charge is 2.32. The molecule has 3 saturated heterocycles. The Morgan fingerprint density at radius 2 is 0.704 bits per heavy atom. The van der Waals surface area contributed by atoms with E-state index >= 15 is 0 Å². The number of benzene rings is 3. The number of aliphatic hydroxyl groups is 1. The molecule has 7 aliphatic rings. The lowest BCUT2D eigenvalue weighted by Gasteiger charge is -2.28. The molecule has 3 aromatic carbocycles. The predicted molar refractivity (Wildman–Crippen MR) is 537 cm³/mol. The van der Waals surface area contributed by atoms with E-state index in [1.807, 2.05) is 59.8 Å². The Morgan fingerprint density at radius 3 is 1.01 bits per heavy atom. The van der Waals surface area contributed by atoms with Crippen molar-refractivity contribution in [3.63, 3.8) is 0 Å². The molecule has 11 aromatic rings. The summed E-state index contributed by atoms with van der Waals surface area (Å²) in [5, 5.41) is 63.2. The zero-order chi connectivity index (χ0) is 94.9. The van der Waals surface area contributed by atoms with Gasteiger partial charge in [-0.2, -0.15) is 0 Å². The van der Waals surface area contributed by atoms with E-state index in [0.717, 1.165) is 238 Å². The number of carbonyl (C=O) groups is 1. The predicted octanol–water partition coefficient (Wildman–Crippen LogP) is 12.6. The average Bonchev–Trinajstić information content (AvgIpc) is 1.62. The van der Waals surface area contributed by atoms with Crippen molar-refractivity contribution in [1.29, 1.82) is 0 Å². The molecule has 18 rings (SSSR count). The van der Waals surface area contributed by atoms with Gasteiger partial charge in [0.2, 0.25) is 29.7 Å². The molecule has 4 saturated carbocycles. The third-order valence-corrected chi connectivity index (χ3v) is 27.9. The first-order valence-corrected chi connectivity index (χ1v) is 50.0. The second-order valence-corrected chi connectivity index (χ2v) is 39.2. The molecule has 36 heteroatoms. The number of rotatable bonds is 30. The van der Waals surface area contributed by atoms with E-state index in [1.54, 1.807) is 47.5 Å². The van der Waals surface area contributed by atoms with Gasteiger partial charge in [-0.3, -0.25) is 19.5 Å². The normalized spacial score (nSPS) is 21.7. The smallest absolute Gasteiger partial charge is 0.423 e. The van der Waals surface area contributed by atoms with Gasteiger partial charge in [0.1, 0.15) is 0 Å². The summed E-state index contributed by atoms with van der Waals surface area (Å²) >= 11 is 7.24. The van der Waals surface area contributed by atoms with Gasteiger partial charge in [-0.25, -0.2) is 38.0 Å². The van der Waals surface area contributed by atoms with E-state index in [1.165, 1.54) is 56.2 Å². The number of morpholine rings is 3. The molecule has 4 atom stereocenters. The molecule has 135 heavy (non-hydrogen) atoms. The first-order valence-electron chi connectivity index (χ1n) is 48.4. The fourth-order valence-corrected chi connectivity index (χ4v) is 20.4. The summed E-state index contributed by atoms with van der Waals surface area (Å²) in [6, 6.07) is 35.6. The number of fused-ring (bicyclic) bond motifs is 4. The largest absolute Gasteiger partial charge is 0.488 e. The SMILES string of the molecule is COC[C@H](C)Nc1ncc2c(-c3ccc(CN4CCOCC4)cc3)cc(C3CCC(N)CC3)n2n1.COC[C@H](C)Nc1ncc2c(-c3ccc(CN4CCOCC4)cc3)cc(C3CCC(NC(C)=O)CC3)n2n1.COC[C@H](C)Nc1ncc2c(Br)cc(C3CCC(N)CC3)n2n1.COC[C@H](C)Nc1ncc2c(Br)cc(C3CCC(O)CC3)n2n1.OB(O)c1ccc(CN2CCOCC2)cc1. The number of hydrogen-bond donors (Lipinski definition) is 10. The van der Waals surface area contributed by atoms with Crippen molar-refractivity contribution in [2.45, 2.75) is 229 Å². The van der Waals surface area contributed by atoms with Gasteiger partial charge in [0, 0.05) is 203 Å². The van der Waals surface area contributed by atoms with Crippen LogP contribution in [-0.2, 0) is 57.6 Å². The van der Waals surface area contributed by atoms with Gasteiger partial charge >= 0.3 is 7.12 Å². The van der Waals surface area contributed by atoms with Crippen LogP contribution in [0.15, 0.2) is 131 Å². The Labute approximate surface area is 810 Å². The Balaban J connectivity index is 0.000000139. The van der Waals surface area contributed by atoms with Crippen LogP contribution in [0.25, 0.3) is 44.3 Å². The van der Waals surface area contributed by atoms with Crippen molar-refractivity contribution in [3.05, 3.63) is 170 Å². The van der Waals surface area contributed by atoms with Gasteiger partial charge in [0.25, 0.3) is 0 Å². The van der Waals surface area contributed by atoms with Gasteiger partial charge in [-0.05, 0) is 220 Å². The lowest BCUT2D eigenvalue weighted by atomic mass is 9.80. The molecule has 0 radical (unpaired) electrons. The standard InChI is InChI=1S/C29H40N6O3.C27H38N6O2.C16H24BrN5O.C16H23BrN4O2.C11H16BNO3/c1-20(19-37-3)31-29-30-17-28-26(23-6-4-22(5-7-23)18-34-12-14-38-15-13-34)16-27(35(28)33-29)24-8-10-25(11-9-24)32-21(2)36;1-19(18-34-2)30-27-29-16-26-24(15-25(33(26)31-27)22-7-9-23(28)10-8-22)21-5-3-20(4-6-21)17-32-11-13-35-14-12-32;1-10(9-23-2)20-16-19-8-15-13(17)7-14(22(15)21-16)11-3-5-12(18)6-4-11;1-10(9-23-2)19-16-18-8-15-13(17)7-14(21(15)20-16)11-3-5-12(22)6-4-11;14-12(15)11-3-1-10(2-4-11)9-13-5-7-16-8-6-13/h4-7,16-17,20,24-25H,8-15,18-19H2,1-3H3,(H,31,33)(H,32,36);3-6,15-16,19,22-23H,7-14,17-18,28H2,1-2H3,(H,30,31);7-8,10-12H,3-6,9,18H2,1-2H3,(H,20,21);7-8,10-12,22H,3-6,9H2,1-2H3,(H,19,20);1-4,14-15H,5-9H2/t20-,24?,25?;19-,22?,23?;2*10-,11?,12?;/m0000./s1. The van der Waals surface area contributed by atoms with E-state index in [2.05, 4.69) is 194 Å². The second kappa shape index (κ2) is 50.7. The minimum absolute atomic E-state index is 0.0505. The summed E-state index contributed by atoms with van der Waals surface area (Å²) in [7, 11) is 5.40. The molecule has 0 bridgehead atoms. The molecule has 11 heterocycles. The highest BCUT2D eigenvalue weighted by molar-refractivity contribution is 9.11. The Hall–Kier alpha value is -8.77. The second-order valence-electron chi connectivity index (χ2n) is 37.5. The quantitative estimate of drug-likeness (QED) is 0.0187. The van der Waals surface area contributed by atoms with Crippen LogP contribution in [0.2, 0.25) is 0 Å². The van der Waals surface area contributed by atoms with E-state index in [4.69, 9.17) is 70.0 Å². The zero-order valence-corrected chi connectivity index (χ0v) is 83.2. The van der Waals surface area contributed by atoms with Gasteiger partial charge in [0.05, 0.1) is 119 Å². The maximum atomic E-state index is 11.5. The molecule has 730 valence electrons. The number of nitrogens with two attached hydrogens (primary N) is 2. The number of aromatic nitrogens is 12. The Bertz CT molecular complexity index is 5360. The average molecular weight is 1990 g/mol. The molecule has 0 unspecified atom stereocenters. The molecular formula is C99H141BBr2N22O11. The number of anilines is 4. The summed E-state index contributed by atoms with van der Waals surface area (Å²) in [4.78, 5) is 36.9. The number of halogens is 2. The van der Waals surface area contributed by atoms with Crippen LogP contribution in [-0.4, -0.2) is 283 Å². The van der Waals surface area contributed by atoms with Gasteiger partial charge in [-0.1, -0.05) is 72.8 Å². The van der Waals surface area contributed by atoms with Crippen LogP contribution in [0, 0.1) is 0 Å². The van der Waals surface area contributed by atoms with Gasteiger partial charge < -0.3 is 86.4 Å². The number of aliphatic hydroxyl groups excluding tert-OH is 1. The van der Waals surface area contributed by atoms with Crippen LogP contribution in [0.4, 0.5) is 23.8 Å². The summed E-state index contributed by atoms with van der Waals surface area (Å²) in [5.41, 5.74) is 30.2. The van der Waals surface area contributed by atoms with Crippen LogP contribution < -0.4 is 43.5 Å². The molecule has 1 amide bonds. The molecule has 3 aliphatic heterocycles. The number of methoxy groups -OCH3 is 4. The van der Waals surface area contributed by atoms with Crippen molar-refractivity contribution in [3.8, 4) is 22.3 Å². The third-order valence-electron chi connectivity index (χ3n) is 26.6. The Morgan fingerprint density at radius 1 is 0.422 bits per heavy atom. The lowest BCUT2D eigenvalue weighted by Crippen LogP contribution is -2.36. The molecule has 0 spiro atoms. The van der Waals surface area contributed by atoms with E-state index in [0.29, 0.717) is 91.4 Å². The summed E-state index contributed by atoms with van der Waals surface area (Å²) in [6.45, 7) is 25.8. The zero-order valence-electron chi connectivity index (χ0n) is 80.0. The van der Waals surface area contributed by atoms with Crippen LogP contribution in [0.1, 0.15) is 200 Å². The number of carbonyl (C=O) groups excluding carboxylic acids is 1. The molecular weight excluding hydrogens is 1840 g/mol. The molecule has 7 fully saturated rings. The number of hydrogen-bond acceptors (Lipinski definition) is 28. The topological polar surface area (TPSA) is 385 Å². The van der Waals surface area contributed by atoms with E-state index in [-0.39, 0.29) is 42.2 Å². The summed E-state index contributed by atoms with van der Waals surface area (Å²) in [5.74, 6) is 4.26. The maximum absolute atomic E-state index is 11.5. The van der Waals surface area contributed by atoms with Crippen molar-refractivity contribution >= 4 is 96.2 Å². The minimum atomic E-state index is -1.38. The van der Waals surface area contributed by atoms with Crippen molar-refractivity contribution in [1.82, 2.24) is 78.4 Å².